The molecule has 3 aliphatic rings. The number of carbonyl (C=O) groups excluding carboxylic acids is 2. The quantitative estimate of drug-likeness (QED) is 0.519. The highest BCUT2D eigenvalue weighted by atomic mass is 19.4. The Balaban J connectivity index is 1.33. The molecule has 210 valence electrons. The summed E-state index contributed by atoms with van der Waals surface area (Å²) in [5.41, 5.74) is 7.75. The van der Waals surface area contributed by atoms with E-state index in [1.165, 1.54) is 0 Å². The maximum atomic E-state index is 13.0. The third-order valence-electron chi connectivity index (χ3n) is 7.52. The molecule has 5 rings (SSSR count). The largest absolute Gasteiger partial charge is 0.416 e. The Labute approximate surface area is 229 Å². The zero-order valence-electron chi connectivity index (χ0n) is 21.9. The first-order valence-corrected chi connectivity index (χ1v) is 13.1. The standard InChI is InChI=1S/C28H30F3N7O2/c1-33-26-25(37(13-12-35-26)15-17-2-7-21-8-9-23(39)38(21)16-17)24(32)18-3-5-19(6-4-18)27(40)36-22-14-20(10-11-34-22)28(29,30)31/h3-6,10-14,17,21H,2,7-9,15-16,32H2,1H3,(H,33,35)(H,34,36,40)/b25-24-/t17-,21?/m0/s1. The number of halogens is 3. The van der Waals surface area contributed by atoms with Gasteiger partial charge >= 0.3 is 6.18 Å². The van der Waals surface area contributed by atoms with Crippen molar-refractivity contribution < 1.29 is 22.8 Å². The van der Waals surface area contributed by atoms with Crippen molar-refractivity contribution in [2.24, 2.45) is 16.6 Å². The Hall–Kier alpha value is -4.35. The van der Waals surface area contributed by atoms with E-state index in [2.05, 4.69) is 20.6 Å². The Bertz CT molecular complexity index is 1390. The van der Waals surface area contributed by atoms with Crippen LogP contribution in [0.1, 0.15) is 47.2 Å². The van der Waals surface area contributed by atoms with Crippen LogP contribution in [0.15, 0.2) is 65.7 Å². The second kappa shape index (κ2) is 11.0. The number of pyridine rings is 1. The molecule has 0 saturated carbocycles. The first-order chi connectivity index (χ1) is 19.1. The number of nitrogens with two attached hydrogens (primary N) is 1. The van der Waals surface area contributed by atoms with Crippen LogP contribution in [0, 0.1) is 5.92 Å². The fourth-order valence-electron chi connectivity index (χ4n) is 5.46. The molecule has 1 unspecified atom stereocenters. The predicted molar refractivity (Wildman–Crippen MR) is 145 cm³/mol. The molecule has 2 aromatic rings. The average Bonchev–Trinajstić information content (AvgIpc) is 3.32. The van der Waals surface area contributed by atoms with Crippen molar-refractivity contribution >= 4 is 29.2 Å². The molecule has 2 fully saturated rings. The Morgan fingerprint density at radius 2 is 1.93 bits per heavy atom. The Morgan fingerprint density at radius 3 is 2.65 bits per heavy atom. The molecule has 0 radical (unpaired) electrons. The third kappa shape index (κ3) is 5.65. The van der Waals surface area contributed by atoms with E-state index >= 15 is 0 Å². The lowest BCUT2D eigenvalue weighted by Gasteiger charge is -2.39. The summed E-state index contributed by atoms with van der Waals surface area (Å²) in [6.07, 6.45) is 3.72. The van der Waals surface area contributed by atoms with Crippen molar-refractivity contribution in [2.45, 2.75) is 37.9 Å². The van der Waals surface area contributed by atoms with Crippen LogP contribution in [0.3, 0.4) is 0 Å². The number of aliphatic imine (C=N–C) groups is 1. The van der Waals surface area contributed by atoms with Crippen LogP contribution in [0.5, 0.6) is 0 Å². The summed E-state index contributed by atoms with van der Waals surface area (Å²) in [6.45, 7) is 1.38. The molecule has 2 atom stereocenters. The lowest BCUT2D eigenvalue weighted by Crippen LogP contribution is -2.46. The third-order valence-corrected chi connectivity index (χ3v) is 7.52. The summed E-state index contributed by atoms with van der Waals surface area (Å²) >= 11 is 0. The molecule has 40 heavy (non-hydrogen) atoms. The van der Waals surface area contributed by atoms with Gasteiger partial charge in [0.1, 0.15) is 11.5 Å². The Morgan fingerprint density at radius 1 is 1.18 bits per heavy atom. The van der Waals surface area contributed by atoms with Crippen LogP contribution in [-0.4, -0.2) is 58.6 Å². The minimum Gasteiger partial charge on any atom is -0.396 e. The summed E-state index contributed by atoms with van der Waals surface area (Å²) in [7, 11) is 1.66. The molecule has 0 spiro atoms. The van der Waals surface area contributed by atoms with Crippen molar-refractivity contribution in [1.82, 2.24) is 20.1 Å². The van der Waals surface area contributed by atoms with Gasteiger partial charge in [-0.15, -0.1) is 0 Å². The zero-order chi connectivity index (χ0) is 28.4. The molecule has 0 bridgehead atoms. The van der Waals surface area contributed by atoms with Crippen LogP contribution < -0.4 is 16.4 Å². The van der Waals surface area contributed by atoms with Gasteiger partial charge in [0.2, 0.25) is 5.91 Å². The smallest absolute Gasteiger partial charge is 0.396 e. The summed E-state index contributed by atoms with van der Waals surface area (Å²) < 4.78 is 39.0. The van der Waals surface area contributed by atoms with E-state index in [1.54, 1.807) is 37.5 Å². The van der Waals surface area contributed by atoms with E-state index in [1.807, 2.05) is 16.0 Å². The summed E-state index contributed by atoms with van der Waals surface area (Å²) in [5, 5.41) is 5.53. The molecule has 1 aromatic heterocycles. The second-order valence-corrected chi connectivity index (χ2v) is 10.1. The lowest BCUT2D eigenvalue weighted by atomic mass is 9.92. The number of anilines is 1. The van der Waals surface area contributed by atoms with E-state index < -0.39 is 17.6 Å². The van der Waals surface area contributed by atoms with Gasteiger partial charge in [-0.1, -0.05) is 12.1 Å². The van der Waals surface area contributed by atoms with Gasteiger partial charge in [0, 0.05) is 56.8 Å². The highest BCUT2D eigenvalue weighted by molar-refractivity contribution is 6.06. The predicted octanol–water partition coefficient (Wildman–Crippen LogP) is 3.79. The molecule has 9 nitrogen and oxygen atoms in total. The van der Waals surface area contributed by atoms with Gasteiger partial charge < -0.3 is 26.2 Å². The second-order valence-electron chi connectivity index (χ2n) is 10.1. The highest BCUT2D eigenvalue weighted by Gasteiger charge is 2.37. The topological polar surface area (TPSA) is 116 Å². The normalized spacial score (nSPS) is 23.2. The van der Waals surface area contributed by atoms with E-state index in [-0.39, 0.29) is 23.2 Å². The Kier molecular flexibility index (Phi) is 7.51. The number of amidine groups is 1. The lowest BCUT2D eigenvalue weighted by molar-refractivity contribution is -0.137. The maximum absolute atomic E-state index is 13.0. The number of nitrogens with zero attached hydrogens (tertiary/aromatic N) is 4. The molecule has 1 aromatic carbocycles. The number of amides is 2. The molecular formula is C28H30F3N7O2. The number of nitrogens with one attached hydrogen (secondary N) is 2. The minimum absolute atomic E-state index is 0.199. The number of piperidine rings is 1. The average molecular weight is 554 g/mol. The number of fused-ring (bicyclic) bond motifs is 1. The number of rotatable bonds is 5. The molecular weight excluding hydrogens is 523 g/mol. The van der Waals surface area contributed by atoms with E-state index in [0.29, 0.717) is 41.8 Å². The van der Waals surface area contributed by atoms with Gasteiger partial charge in [-0.05, 0) is 55.0 Å². The number of hydrogen-bond acceptors (Lipinski definition) is 6. The van der Waals surface area contributed by atoms with Gasteiger partial charge in [-0.3, -0.25) is 14.6 Å². The summed E-state index contributed by atoms with van der Waals surface area (Å²) in [6, 6.07) is 8.42. The van der Waals surface area contributed by atoms with Crippen LogP contribution in [0.2, 0.25) is 0 Å². The van der Waals surface area contributed by atoms with Gasteiger partial charge in [0.25, 0.3) is 5.91 Å². The van der Waals surface area contributed by atoms with Gasteiger partial charge in [-0.25, -0.2) is 4.98 Å². The van der Waals surface area contributed by atoms with E-state index in [0.717, 1.165) is 44.1 Å². The fraction of sp³-hybridized carbons (Fsp3) is 0.357. The molecule has 0 aliphatic carbocycles. The van der Waals surface area contributed by atoms with Crippen molar-refractivity contribution in [3.63, 3.8) is 0 Å². The van der Waals surface area contributed by atoms with Gasteiger partial charge in [0.15, 0.2) is 5.84 Å². The molecule has 2 amide bonds. The minimum atomic E-state index is -4.54. The van der Waals surface area contributed by atoms with Crippen LogP contribution in [-0.2, 0) is 11.0 Å². The molecule has 2 saturated heterocycles. The van der Waals surface area contributed by atoms with Crippen molar-refractivity contribution in [3.8, 4) is 0 Å². The van der Waals surface area contributed by atoms with E-state index in [9.17, 15) is 22.8 Å². The number of hydrogen-bond donors (Lipinski definition) is 3. The highest BCUT2D eigenvalue weighted by Crippen LogP contribution is 2.33. The molecule has 4 heterocycles. The molecule has 3 aliphatic heterocycles. The SMILES string of the molecule is CN=C1NC=CN(C[C@@H]2CCC3CCC(=O)N3C2)/C1=C(\N)c1ccc(C(=O)Nc2cc(C(F)(F)F)ccn2)cc1. The molecule has 12 heteroatoms. The van der Waals surface area contributed by atoms with E-state index in [4.69, 9.17) is 5.73 Å². The van der Waals surface area contributed by atoms with Gasteiger partial charge in [0.05, 0.1) is 11.3 Å². The van der Waals surface area contributed by atoms with Crippen molar-refractivity contribution in [1.29, 1.82) is 0 Å². The molecule has 4 N–H and O–H groups in total. The first kappa shape index (κ1) is 27.2. The number of carbonyl (C=O) groups is 2. The summed E-state index contributed by atoms with van der Waals surface area (Å²) in [5.74, 6) is 0.288. The number of alkyl halides is 3. The fourth-order valence-corrected chi connectivity index (χ4v) is 5.46. The zero-order valence-corrected chi connectivity index (χ0v) is 21.9. The number of benzene rings is 1. The summed E-state index contributed by atoms with van der Waals surface area (Å²) in [4.78, 5) is 37.2. The first-order valence-electron chi connectivity index (χ1n) is 13.1. The van der Waals surface area contributed by atoms with Crippen LogP contribution in [0.4, 0.5) is 19.0 Å². The van der Waals surface area contributed by atoms with Crippen LogP contribution >= 0.6 is 0 Å². The number of aromatic nitrogens is 1. The van der Waals surface area contributed by atoms with Crippen molar-refractivity contribution in [3.05, 3.63) is 77.4 Å². The van der Waals surface area contributed by atoms with Crippen LogP contribution in [0.25, 0.3) is 5.70 Å². The van der Waals surface area contributed by atoms with Crippen molar-refractivity contribution in [2.75, 3.05) is 25.5 Å². The monoisotopic (exact) mass is 553 g/mol. The maximum Gasteiger partial charge on any atom is 0.416 e. The van der Waals surface area contributed by atoms with Gasteiger partial charge in [-0.2, -0.15) is 13.2 Å².